The second-order valence-corrected chi connectivity index (χ2v) is 5.47. The summed E-state index contributed by atoms with van der Waals surface area (Å²) in [6, 6.07) is 9.50. The molecule has 1 atom stereocenters. The van der Waals surface area contributed by atoms with E-state index in [-0.39, 0.29) is 17.7 Å². The topological polar surface area (TPSA) is 81.2 Å². The Morgan fingerprint density at radius 1 is 1.29 bits per heavy atom. The quantitative estimate of drug-likeness (QED) is 0.885. The van der Waals surface area contributed by atoms with Gasteiger partial charge in [-0.2, -0.15) is 0 Å². The number of rotatable bonds is 5. The largest absolute Gasteiger partial charge is 0.351 e. The van der Waals surface area contributed by atoms with Crippen LogP contribution in [0.5, 0.6) is 0 Å². The number of aryl methyl sites for hydroxylation is 1. The highest BCUT2D eigenvalue weighted by molar-refractivity contribution is 5.91. The van der Waals surface area contributed by atoms with Crippen molar-refractivity contribution in [2.45, 2.75) is 32.7 Å². The highest BCUT2D eigenvalue weighted by Crippen LogP contribution is 2.17. The van der Waals surface area contributed by atoms with Crippen molar-refractivity contribution in [1.82, 2.24) is 10.5 Å². The van der Waals surface area contributed by atoms with Gasteiger partial charge in [0.25, 0.3) is 5.91 Å². The van der Waals surface area contributed by atoms with Crippen LogP contribution in [0.15, 0.2) is 34.9 Å². The monoisotopic (exact) mass is 287 g/mol. The van der Waals surface area contributed by atoms with Gasteiger partial charge in [-0.15, -0.1) is 0 Å². The molecule has 0 aliphatic carbocycles. The van der Waals surface area contributed by atoms with E-state index < -0.39 is 0 Å². The number of hydrogen-bond donors (Lipinski definition) is 2. The van der Waals surface area contributed by atoms with E-state index in [4.69, 9.17) is 10.3 Å². The van der Waals surface area contributed by atoms with Crippen molar-refractivity contribution in [3.8, 4) is 0 Å². The molecule has 1 unspecified atom stereocenters. The molecule has 3 N–H and O–H groups in total. The molecule has 0 saturated heterocycles. The molecule has 1 aromatic carbocycles. The van der Waals surface area contributed by atoms with Gasteiger partial charge in [-0.3, -0.25) is 4.79 Å². The van der Waals surface area contributed by atoms with Crippen LogP contribution in [0.4, 0.5) is 0 Å². The van der Waals surface area contributed by atoms with Crippen molar-refractivity contribution in [3.63, 3.8) is 0 Å². The Kier molecular flexibility index (Phi) is 4.75. The fraction of sp³-hybridized carbons (Fsp3) is 0.375. The lowest BCUT2D eigenvalue weighted by Crippen LogP contribution is -2.31. The molecule has 1 amide bonds. The standard InChI is InChI=1S/C16H21N3O2/c1-10(2)12-4-6-13(7-5-12)14(17)9-18-16(20)15-8-11(3)19-21-15/h4-8,10,14H,9,17H2,1-3H3,(H,18,20). The number of carbonyl (C=O) groups is 1. The fourth-order valence-corrected chi connectivity index (χ4v) is 2.01. The number of aromatic nitrogens is 1. The van der Waals surface area contributed by atoms with Crippen LogP contribution in [0.1, 0.15) is 53.2 Å². The van der Waals surface area contributed by atoms with Crippen LogP contribution in [-0.4, -0.2) is 17.6 Å². The first-order valence-electron chi connectivity index (χ1n) is 7.04. The van der Waals surface area contributed by atoms with Crippen LogP contribution in [0.2, 0.25) is 0 Å². The van der Waals surface area contributed by atoms with Gasteiger partial charge < -0.3 is 15.6 Å². The average molecular weight is 287 g/mol. The minimum atomic E-state index is -0.301. The van der Waals surface area contributed by atoms with Gasteiger partial charge in [0, 0.05) is 18.7 Å². The zero-order valence-corrected chi connectivity index (χ0v) is 12.6. The Labute approximate surface area is 124 Å². The van der Waals surface area contributed by atoms with Crippen LogP contribution in [-0.2, 0) is 0 Å². The molecule has 5 heteroatoms. The second kappa shape index (κ2) is 6.54. The Morgan fingerprint density at radius 3 is 2.43 bits per heavy atom. The van der Waals surface area contributed by atoms with Crippen molar-refractivity contribution in [1.29, 1.82) is 0 Å². The van der Waals surface area contributed by atoms with Gasteiger partial charge in [0.1, 0.15) is 0 Å². The summed E-state index contributed by atoms with van der Waals surface area (Å²) in [6.07, 6.45) is 0. The van der Waals surface area contributed by atoms with E-state index in [1.807, 2.05) is 12.1 Å². The summed E-state index contributed by atoms with van der Waals surface area (Å²) in [5.74, 6) is 0.393. The third kappa shape index (κ3) is 3.92. The summed E-state index contributed by atoms with van der Waals surface area (Å²) >= 11 is 0. The second-order valence-electron chi connectivity index (χ2n) is 5.47. The minimum Gasteiger partial charge on any atom is -0.351 e. The first-order chi connectivity index (χ1) is 9.97. The maximum Gasteiger partial charge on any atom is 0.289 e. The molecule has 0 fully saturated rings. The van der Waals surface area contributed by atoms with Crippen molar-refractivity contribution in [2.75, 3.05) is 6.54 Å². The number of carbonyl (C=O) groups excluding carboxylic acids is 1. The molecule has 1 heterocycles. The van der Waals surface area contributed by atoms with E-state index >= 15 is 0 Å². The van der Waals surface area contributed by atoms with Crippen LogP contribution in [0, 0.1) is 6.92 Å². The highest BCUT2D eigenvalue weighted by atomic mass is 16.5. The first kappa shape index (κ1) is 15.3. The lowest BCUT2D eigenvalue weighted by atomic mass is 9.99. The van der Waals surface area contributed by atoms with Gasteiger partial charge in [-0.1, -0.05) is 43.3 Å². The lowest BCUT2D eigenvalue weighted by molar-refractivity contribution is 0.0914. The van der Waals surface area contributed by atoms with E-state index in [0.29, 0.717) is 18.2 Å². The fourth-order valence-electron chi connectivity index (χ4n) is 2.01. The molecule has 2 aromatic rings. The molecule has 5 nitrogen and oxygen atoms in total. The number of nitrogens with one attached hydrogen (secondary N) is 1. The SMILES string of the molecule is Cc1cc(C(=O)NCC(N)c2ccc(C(C)C)cc2)on1. The summed E-state index contributed by atoms with van der Waals surface area (Å²) in [5.41, 5.74) is 9.03. The Hall–Kier alpha value is -2.14. The van der Waals surface area contributed by atoms with E-state index in [1.165, 1.54) is 5.56 Å². The zero-order valence-electron chi connectivity index (χ0n) is 12.6. The molecule has 0 spiro atoms. The number of nitrogens with zero attached hydrogens (tertiary/aromatic N) is 1. The molecule has 1 aromatic heterocycles. The molecule has 0 radical (unpaired) electrons. The summed E-state index contributed by atoms with van der Waals surface area (Å²) in [7, 11) is 0. The number of benzene rings is 1. The van der Waals surface area contributed by atoms with E-state index in [9.17, 15) is 4.79 Å². The van der Waals surface area contributed by atoms with Crippen LogP contribution in [0.25, 0.3) is 0 Å². The van der Waals surface area contributed by atoms with E-state index in [0.717, 1.165) is 5.56 Å². The first-order valence-corrected chi connectivity index (χ1v) is 7.04. The van der Waals surface area contributed by atoms with Crippen LogP contribution in [0.3, 0.4) is 0 Å². The molecule has 0 aliphatic rings. The third-order valence-corrected chi connectivity index (χ3v) is 3.37. The maximum absolute atomic E-state index is 11.8. The number of amides is 1. The molecular formula is C16H21N3O2. The van der Waals surface area contributed by atoms with Gasteiger partial charge in [-0.05, 0) is 24.0 Å². The van der Waals surface area contributed by atoms with Crippen LogP contribution >= 0.6 is 0 Å². The Morgan fingerprint density at radius 2 is 1.90 bits per heavy atom. The van der Waals surface area contributed by atoms with Gasteiger partial charge in [-0.25, -0.2) is 0 Å². The van der Waals surface area contributed by atoms with Crippen LogP contribution < -0.4 is 11.1 Å². The summed E-state index contributed by atoms with van der Waals surface area (Å²) in [6.45, 7) is 6.41. The Balaban J connectivity index is 1.92. The molecular weight excluding hydrogens is 266 g/mol. The van der Waals surface area contributed by atoms with Gasteiger partial charge in [0.15, 0.2) is 0 Å². The summed E-state index contributed by atoms with van der Waals surface area (Å²) in [4.78, 5) is 11.8. The number of nitrogens with two attached hydrogens (primary N) is 1. The predicted octanol–water partition coefficient (Wildman–Crippen LogP) is 2.54. The maximum atomic E-state index is 11.8. The van der Waals surface area contributed by atoms with Crippen molar-refractivity contribution >= 4 is 5.91 Å². The van der Waals surface area contributed by atoms with Crippen molar-refractivity contribution in [2.24, 2.45) is 5.73 Å². The van der Waals surface area contributed by atoms with E-state index in [2.05, 4.69) is 36.5 Å². The van der Waals surface area contributed by atoms with Gasteiger partial charge >= 0.3 is 0 Å². The van der Waals surface area contributed by atoms with Gasteiger partial charge in [0.2, 0.25) is 5.76 Å². The lowest BCUT2D eigenvalue weighted by Gasteiger charge is -2.14. The molecule has 0 saturated carbocycles. The molecule has 112 valence electrons. The zero-order chi connectivity index (χ0) is 15.4. The predicted molar refractivity (Wildman–Crippen MR) is 81.0 cm³/mol. The molecule has 0 bridgehead atoms. The van der Waals surface area contributed by atoms with Crippen molar-refractivity contribution < 1.29 is 9.32 Å². The highest BCUT2D eigenvalue weighted by Gasteiger charge is 2.13. The third-order valence-electron chi connectivity index (χ3n) is 3.37. The smallest absolute Gasteiger partial charge is 0.289 e. The normalized spacial score (nSPS) is 12.4. The minimum absolute atomic E-state index is 0.204. The number of hydrogen-bond acceptors (Lipinski definition) is 4. The Bertz CT molecular complexity index is 602. The average Bonchev–Trinajstić information content (AvgIpc) is 2.91. The van der Waals surface area contributed by atoms with Crippen molar-refractivity contribution in [3.05, 3.63) is 52.9 Å². The molecule has 2 rings (SSSR count). The van der Waals surface area contributed by atoms with Gasteiger partial charge in [0.05, 0.1) is 5.69 Å². The van der Waals surface area contributed by atoms with E-state index in [1.54, 1.807) is 13.0 Å². The summed E-state index contributed by atoms with van der Waals surface area (Å²) in [5, 5.41) is 6.43. The molecule has 21 heavy (non-hydrogen) atoms. The molecule has 0 aliphatic heterocycles. The summed E-state index contributed by atoms with van der Waals surface area (Å²) < 4.78 is 4.90.